The standard InChI is InChI=1S/C19H19N7O.C2H6/c1-11-15-17(20)21-10-22-18(15)26(24-11)12(2)14-9-23-25(3)19(27)16(14)13-7-5-4-6-8-13;1-2/h4-10,12H,1-3H3,(H2,20,21,22);1-2H3. The van der Waals surface area contributed by atoms with Gasteiger partial charge in [0, 0.05) is 12.6 Å². The molecule has 0 amide bonds. The van der Waals surface area contributed by atoms with Crippen molar-refractivity contribution in [3.63, 3.8) is 0 Å². The van der Waals surface area contributed by atoms with Crippen LogP contribution in [0.2, 0.25) is 0 Å². The molecule has 150 valence electrons. The first-order valence-electron chi connectivity index (χ1n) is 9.56. The van der Waals surface area contributed by atoms with Crippen LogP contribution in [0.1, 0.15) is 38.1 Å². The molecule has 29 heavy (non-hydrogen) atoms. The Balaban J connectivity index is 0.00000117. The van der Waals surface area contributed by atoms with Crippen molar-refractivity contribution < 1.29 is 0 Å². The number of fused-ring (bicyclic) bond motifs is 1. The minimum Gasteiger partial charge on any atom is -0.383 e. The number of aryl methyl sites for hydroxylation is 2. The fourth-order valence-corrected chi connectivity index (χ4v) is 3.33. The molecule has 2 N–H and O–H groups in total. The Morgan fingerprint density at radius 1 is 1.10 bits per heavy atom. The summed E-state index contributed by atoms with van der Waals surface area (Å²) in [7, 11) is 1.64. The summed E-state index contributed by atoms with van der Waals surface area (Å²) < 4.78 is 3.11. The lowest BCUT2D eigenvalue weighted by Crippen LogP contribution is -2.25. The highest BCUT2D eigenvalue weighted by molar-refractivity contribution is 5.88. The van der Waals surface area contributed by atoms with Gasteiger partial charge in [0.25, 0.3) is 5.56 Å². The van der Waals surface area contributed by atoms with Gasteiger partial charge in [-0.25, -0.2) is 19.3 Å². The van der Waals surface area contributed by atoms with Crippen LogP contribution in [-0.4, -0.2) is 29.5 Å². The highest BCUT2D eigenvalue weighted by Gasteiger charge is 2.22. The van der Waals surface area contributed by atoms with Gasteiger partial charge < -0.3 is 5.73 Å². The molecule has 4 rings (SSSR count). The van der Waals surface area contributed by atoms with E-state index in [2.05, 4.69) is 20.2 Å². The SMILES string of the molecule is CC.Cc1nn(C(C)c2cnn(C)c(=O)c2-c2ccccc2)c2ncnc(N)c12. The topological polar surface area (TPSA) is 105 Å². The van der Waals surface area contributed by atoms with E-state index in [0.29, 0.717) is 17.0 Å². The molecule has 0 aliphatic carbocycles. The maximum atomic E-state index is 12.9. The van der Waals surface area contributed by atoms with Gasteiger partial charge in [-0.15, -0.1) is 0 Å². The normalized spacial score (nSPS) is 11.8. The van der Waals surface area contributed by atoms with Crippen LogP contribution in [0.25, 0.3) is 22.2 Å². The molecule has 1 atom stereocenters. The minimum absolute atomic E-state index is 0.159. The molecule has 8 nitrogen and oxygen atoms in total. The number of aromatic nitrogens is 6. The zero-order chi connectivity index (χ0) is 21.1. The summed E-state index contributed by atoms with van der Waals surface area (Å²) in [4.78, 5) is 21.3. The van der Waals surface area contributed by atoms with Gasteiger partial charge in [0.2, 0.25) is 0 Å². The first-order valence-corrected chi connectivity index (χ1v) is 9.56. The van der Waals surface area contributed by atoms with Gasteiger partial charge in [-0.2, -0.15) is 10.2 Å². The monoisotopic (exact) mass is 391 g/mol. The van der Waals surface area contributed by atoms with Crippen LogP contribution in [-0.2, 0) is 7.05 Å². The summed E-state index contributed by atoms with van der Waals surface area (Å²) in [5.74, 6) is 0.390. The minimum atomic E-state index is -0.271. The lowest BCUT2D eigenvalue weighted by Gasteiger charge is -2.17. The summed E-state index contributed by atoms with van der Waals surface area (Å²) in [6.07, 6.45) is 3.13. The van der Waals surface area contributed by atoms with Gasteiger partial charge in [-0.3, -0.25) is 4.79 Å². The van der Waals surface area contributed by atoms with Crippen LogP contribution < -0.4 is 11.3 Å². The second-order valence-electron chi connectivity index (χ2n) is 6.43. The third kappa shape index (κ3) is 3.49. The lowest BCUT2D eigenvalue weighted by molar-refractivity contribution is 0.565. The van der Waals surface area contributed by atoms with Crippen molar-refractivity contribution in [3.8, 4) is 11.1 Å². The zero-order valence-electron chi connectivity index (χ0n) is 17.3. The molecule has 0 aliphatic rings. The largest absolute Gasteiger partial charge is 0.383 e. The van der Waals surface area contributed by atoms with Crippen molar-refractivity contribution >= 4 is 16.9 Å². The predicted molar refractivity (Wildman–Crippen MR) is 115 cm³/mol. The van der Waals surface area contributed by atoms with Crippen molar-refractivity contribution in [2.24, 2.45) is 7.05 Å². The van der Waals surface area contributed by atoms with E-state index in [-0.39, 0.29) is 11.6 Å². The van der Waals surface area contributed by atoms with Crippen molar-refractivity contribution in [1.29, 1.82) is 0 Å². The molecule has 0 saturated carbocycles. The fraction of sp³-hybridized carbons (Fsp3) is 0.286. The number of nitrogens with zero attached hydrogens (tertiary/aromatic N) is 6. The van der Waals surface area contributed by atoms with Gasteiger partial charge in [0.15, 0.2) is 5.65 Å². The zero-order valence-corrected chi connectivity index (χ0v) is 17.3. The molecule has 8 heteroatoms. The highest BCUT2D eigenvalue weighted by Crippen LogP contribution is 2.30. The van der Waals surface area contributed by atoms with Crippen LogP contribution in [0.4, 0.5) is 5.82 Å². The molecule has 1 unspecified atom stereocenters. The average Bonchev–Trinajstić information content (AvgIpc) is 3.09. The third-order valence-corrected chi connectivity index (χ3v) is 4.74. The maximum Gasteiger partial charge on any atom is 0.274 e. The van der Waals surface area contributed by atoms with Crippen LogP contribution in [0.5, 0.6) is 0 Å². The molecule has 3 heterocycles. The van der Waals surface area contributed by atoms with Crippen molar-refractivity contribution in [3.05, 3.63) is 64.5 Å². The van der Waals surface area contributed by atoms with Crippen LogP contribution in [0.15, 0.2) is 47.7 Å². The van der Waals surface area contributed by atoms with Gasteiger partial charge in [-0.05, 0) is 19.4 Å². The Kier molecular flexibility index (Phi) is 5.72. The maximum absolute atomic E-state index is 12.9. The van der Waals surface area contributed by atoms with E-state index < -0.39 is 0 Å². The van der Waals surface area contributed by atoms with Gasteiger partial charge in [0.1, 0.15) is 12.1 Å². The Labute approximate surface area is 169 Å². The number of hydrogen-bond donors (Lipinski definition) is 1. The smallest absolute Gasteiger partial charge is 0.274 e. The molecular weight excluding hydrogens is 366 g/mol. The summed E-state index contributed by atoms with van der Waals surface area (Å²) in [5, 5.41) is 9.56. The van der Waals surface area contributed by atoms with E-state index in [4.69, 9.17) is 5.73 Å². The van der Waals surface area contributed by atoms with E-state index in [1.165, 1.54) is 11.0 Å². The third-order valence-electron chi connectivity index (χ3n) is 4.74. The van der Waals surface area contributed by atoms with Crippen molar-refractivity contribution in [1.82, 2.24) is 29.5 Å². The number of benzene rings is 1. The molecular formula is C21H25N7O. The molecule has 0 saturated heterocycles. The molecule has 3 aromatic heterocycles. The molecule has 0 radical (unpaired) electrons. The van der Waals surface area contributed by atoms with Crippen LogP contribution in [0.3, 0.4) is 0 Å². The molecule has 0 spiro atoms. The summed E-state index contributed by atoms with van der Waals surface area (Å²) in [5.41, 5.74) is 9.43. The number of nitrogens with two attached hydrogens (primary N) is 1. The average molecular weight is 391 g/mol. The van der Waals surface area contributed by atoms with E-state index in [9.17, 15) is 4.79 Å². The second-order valence-corrected chi connectivity index (χ2v) is 6.43. The summed E-state index contributed by atoms with van der Waals surface area (Å²) >= 11 is 0. The number of hydrogen-bond acceptors (Lipinski definition) is 6. The van der Waals surface area contributed by atoms with Gasteiger partial charge in [-0.1, -0.05) is 44.2 Å². The van der Waals surface area contributed by atoms with Crippen molar-refractivity contribution in [2.75, 3.05) is 5.73 Å². The summed E-state index contributed by atoms with van der Waals surface area (Å²) in [6.45, 7) is 7.83. The quantitative estimate of drug-likeness (QED) is 0.575. The lowest BCUT2D eigenvalue weighted by atomic mass is 9.98. The Hall–Kier alpha value is -3.55. The Morgan fingerprint density at radius 3 is 2.48 bits per heavy atom. The van der Waals surface area contributed by atoms with E-state index in [1.54, 1.807) is 17.9 Å². The molecule has 0 aliphatic heterocycles. The van der Waals surface area contributed by atoms with E-state index >= 15 is 0 Å². The van der Waals surface area contributed by atoms with Gasteiger partial charge >= 0.3 is 0 Å². The molecule has 0 bridgehead atoms. The molecule has 0 fully saturated rings. The van der Waals surface area contributed by atoms with Crippen molar-refractivity contribution in [2.45, 2.75) is 33.7 Å². The fourth-order valence-electron chi connectivity index (χ4n) is 3.33. The first-order chi connectivity index (χ1) is 14.0. The molecule has 1 aromatic carbocycles. The van der Waals surface area contributed by atoms with Crippen LogP contribution >= 0.6 is 0 Å². The number of anilines is 1. The Morgan fingerprint density at radius 2 is 1.79 bits per heavy atom. The second kappa shape index (κ2) is 8.22. The Bertz CT molecular complexity index is 1200. The molecule has 4 aromatic rings. The van der Waals surface area contributed by atoms with E-state index in [1.807, 2.05) is 58.0 Å². The van der Waals surface area contributed by atoms with Gasteiger partial charge in [0.05, 0.1) is 28.9 Å². The number of rotatable bonds is 3. The highest BCUT2D eigenvalue weighted by atomic mass is 16.1. The van der Waals surface area contributed by atoms with E-state index in [0.717, 1.165) is 22.2 Å². The summed E-state index contributed by atoms with van der Waals surface area (Å²) in [6, 6.07) is 9.30. The predicted octanol–water partition coefficient (Wildman–Crippen LogP) is 3.11. The first kappa shape index (κ1) is 20.2. The number of nitrogen functional groups attached to an aromatic ring is 1. The van der Waals surface area contributed by atoms with Crippen LogP contribution in [0, 0.1) is 6.92 Å².